The van der Waals surface area contributed by atoms with Crippen LogP contribution < -0.4 is 11.1 Å². The second-order valence-electron chi connectivity index (χ2n) is 7.16. The molecule has 0 atom stereocenters. The van der Waals surface area contributed by atoms with E-state index in [1.54, 1.807) is 21.1 Å². The molecule has 1 aromatic carbocycles. The summed E-state index contributed by atoms with van der Waals surface area (Å²) in [6.07, 6.45) is 1.69. The third-order valence-electron chi connectivity index (χ3n) is 5.03. The van der Waals surface area contributed by atoms with Crippen LogP contribution in [0.4, 0.5) is 0 Å². The third kappa shape index (κ3) is 3.62. The largest absolute Gasteiger partial charge is 0.283 e. The molecule has 0 N–H and O–H groups in total. The third-order valence-corrected chi connectivity index (χ3v) is 7.86. The molecule has 0 unspecified atom stereocenters. The second-order valence-corrected chi connectivity index (χ2v) is 9.80. The molecule has 5 rings (SSSR count). The van der Waals surface area contributed by atoms with Crippen LogP contribution in [-0.4, -0.2) is 18.9 Å². The highest BCUT2D eigenvalue weighted by atomic mass is 32.2. The maximum absolute atomic E-state index is 13.4. The van der Waals surface area contributed by atoms with E-state index < -0.39 is 0 Å². The number of aromatic nitrogens is 4. The van der Waals surface area contributed by atoms with Gasteiger partial charge in [0.1, 0.15) is 4.83 Å². The predicted octanol–water partition coefficient (Wildman–Crippen LogP) is 4.98. The summed E-state index contributed by atoms with van der Waals surface area (Å²) in [5.41, 5.74) is 3.24. The van der Waals surface area contributed by atoms with Gasteiger partial charge in [0.05, 0.1) is 11.1 Å². The molecule has 0 saturated heterocycles. The quantitative estimate of drug-likeness (QED) is 0.196. The highest BCUT2D eigenvalue weighted by molar-refractivity contribution is 7.98. The van der Waals surface area contributed by atoms with Crippen LogP contribution in [0.25, 0.3) is 26.3 Å². The van der Waals surface area contributed by atoms with Gasteiger partial charge in [-0.2, -0.15) is 0 Å². The molecule has 4 heterocycles. The lowest BCUT2D eigenvalue weighted by atomic mass is 10.1. The minimum absolute atomic E-state index is 0.0881. The number of benzene rings is 1. The molecule has 32 heavy (non-hydrogen) atoms. The zero-order valence-electron chi connectivity index (χ0n) is 17.1. The van der Waals surface area contributed by atoms with Crippen LogP contribution in [-0.2, 0) is 12.3 Å². The van der Waals surface area contributed by atoms with Gasteiger partial charge in [0.2, 0.25) is 0 Å². The molecule has 0 fully saturated rings. The fourth-order valence-electron chi connectivity index (χ4n) is 3.55. The van der Waals surface area contributed by atoms with E-state index >= 15 is 0 Å². The van der Waals surface area contributed by atoms with E-state index in [2.05, 4.69) is 11.6 Å². The number of thiazole rings is 1. The number of fused-ring (bicyclic) bond motifs is 2. The first kappa shape index (κ1) is 20.9. The zero-order valence-corrected chi connectivity index (χ0v) is 19.6. The molecule has 6 nitrogen and oxygen atoms in total. The number of rotatable bonds is 6. The van der Waals surface area contributed by atoms with Crippen LogP contribution in [0.5, 0.6) is 0 Å². The van der Waals surface area contributed by atoms with E-state index in [9.17, 15) is 9.59 Å². The van der Waals surface area contributed by atoms with Gasteiger partial charge in [-0.15, -0.1) is 29.3 Å². The Bertz CT molecular complexity index is 1580. The van der Waals surface area contributed by atoms with Crippen molar-refractivity contribution in [2.75, 3.05) is 0 Å². The van der Waals surface area contributed by atoms with Gasteiger partial charge in [-0.05, 0) is 12.5 Å². The molecule has 0 saturated carbocycles. The van der Waals surface area contributed by atoms with Crippen molar-refractivity contribution in [1.29, 1.82) is 0 Å². The van der Waals surface area contributed by atoms with E-state index in [1.807, 2.05) is 48.0 Å². The summed E-state index contributed by atoms with van der Waals surface area (Å²) in [5.74, 6) is 0.439. The highest BCUT2D eigenvalue weighted by Gasteiger charge is 2.17. The molecule has 160 valence electrons. The van der Waals surface area contributed by atoms with Crippen molar-refractivity contribution >= 4 is 49.6 Å². The summed E-state index contributed by atoms with van der Waals surface area (Å²) in [4.78, 5) is 36.7. The average molecular weight is 479 g/mol. The van der Waals surface area contributed by atoms with Crippen LogP contribution in [0.3, 0.4) is 0 Å². The van der Waals surface area contributed by atoms with Crippen LogP contribution in [0.1, 0.15) is 11.4 Å². The maximum Gasteiger partial charge on any atom is 0.263 e. The monoisotopic (exact) mass is 478 g/mol. The molecule has 0 aliphatic heterocycles. The van der Waals surface area contributed by atoms with Gasteiger partial charge >= 0.3 is 0 Å². The van der Waals surface area contributed by atoms with Crippen LogP contribution in [0.2, 0.25) is 0 Å². The maximum atomic E-state index is 13.4. The summed E-state index contributed by atoms with van der Waals surface area (Å²) in [5, 5.41) is 5.11. The Morgan fingerprint density at radius 2 is 1.94 bits per heavy atom. The second kappa shape index (κ2) is 8.50. The van der Waals surface area contributed by atoms with Gasteiger partial charge in [-0.1, -0.05) is 48.2 Å². The standard InChI is InChI=1S/C23H18N4O2S3/c1-3-9-26-21(29)19-17(15-7-5-4-6-8-15)13-30-20(19)25-22(26)32-12-16-10-18(28)27-14(2)11-31-23(27)24-16/h3-8,10-11,13H,1,9,12H2,2H3. The lowest BCUT2D eigenvalue weighted by molar-refractivity contribution is 0.673. The topological polar surface area (TPSA) is 69.3 Å². The molecule has 4 aromatic heterocycles. The number of hydrogen-bond acceptors (Lipinski definition) is 7. The molecule has 0 aliphatic rings. The first-order chi connectivity index (χ1) is 15.6. The Kier molecular flexibility index (Phi) is 5.54. The zero-order chi connectivity index (χ0) is 22.2. The molecule has 5 aromatic rings. The number of allylic oxidation sites excluding steroid dienone is 1. The number of thiophene rings is 1. The first-order valence-electron chi connectivity index (χ1n) is 9.84. The molecular weight excluding hydrogens is 460 g/mol. The van der Waals surface area contributed by atoms with Crippen LogP contribution in [0, 0.1) is 6.92 Å². The SMILES string of the molecule is C=CCn1c(SCc2cc(=O)n3c(C)csc3n2)nc2scc(-c3ccccc3)c2c1=O. The molecule has 0 spiro atoms. The van der Waals surface area contributed by atoms with E-state index in [0.717, 1.165) is 16.8 Å². The molecule has 9 heteroatoms. The molecule has 0 radical (unpaired) electrons. The van der Waals surface area contributed by atoms with E-state index in [0.29, 0.717) is 38.3 Å². The van der Waals surface area contributed by atoms with Gasteiger partial charge in [-0.25, -0.2) is 9.97 Å². The Balaban J connectivity index is 1.55. The van der Waals surface area contributed by atoms with Gasteiger partial charge in [-0.3, -0.25) is 18.6 Å². The van der Waals surface area contributed by atoms with Gasteiger partial charge in [0.15, 0.2) is 10.1 Å². The number of nitrogens with zero attached hydrogens (tertiary/aromatic N) is 4. The first-order valence-corrected chi connectivity index (χ1v) is 12.6. The minimum atomic E-state index is -0.0954. The fourth-order valence-corrected chi connectivity index (χ4v) is 6.33. The van der Waals surface area contributed by atoms with E-state index in [-0.39, 0.29) is 11.1 Å². The molecule has 0 amide bonds. The highest BCUT2D eigenvalue weighted by Crippen LogP contribution is 2.32. The Labute approximate surface area is 195 Å². The van der Waals surface area contributed by atoms with Crippen molar-refractivity contribution in [3.05, 3.63) is 91.9 Å². The Morgan fingerprint density at radius 1 is 1.12 bits per heavy atom. The van der Waals surface area contributed by atoms with Crippen LogP contribution in [0.15, 0.2) is 74.6 Å². The predicted molar refractivity (Wildman–Crippen MR) is 133 cm³/mol. The smallest absolute Gasteiger partial charge is 0.263 e. The van der Waals surface area contributed by atoms with Gasteiger partial charge < -0.3 is 0 Å². The minimum Gasteiger partial charge on any atom is -0.283 e. The average Bonchev–Trinajstić information content (AvgIpc) is 3.39. The summed E-state index contributed by atoms with van der Waals surface area (Å²) >= 11 is 4.31. The lowest BCUT2D eigenvalue weighted by Gasteiger charge is -2.10. The van der Waals surface area contributed by atoms with Crippen molar-refractivity contribution < 1.29 is 0 Å². The summed E-state index contributed by atoms with van der Waals surface area (Å²) in [7, 11) is 0. The van der Waals surface area contributed by atoms with Crippen LogP contribution >= 0.6 is 34.4 Å². The van der Waals surface area contributed by atoms with E-state index in [1.165, 1.54) is 34.4 Å². The summed E-state index contributed by atoms with van der Waals surface area (Å²) in [6, 6.07) is 11.4. The van der Waals surface area contributed by atoms with E-state index in [4.69, 9.17) is 4.98 Å². The van der Waals surface area contributed by atoms with Crippen molar-refractivity contribution in [1.82, 2.24) is 18.9 Å². The van der Waals surface area contributed by atoms with Crippen molar-refractivity contribution in [2.24, 2.45) is 0 Å². The fraction of sp³-hybridized carbons (Fsp3) is 0.130. The van der Waals surface area contributed by atoms with Crippen molar-refractivity contribution in [3.63, 3.8) is 0 Å². The van der Waals surface area contributed by atoms with Crippen molar-refractivity contribution in [3.8, 4) is 11.1 Å². The number of thioether (sulfide) groups is 1. The number of hydrogen-bond donors (Lipinski definition) is 0. The van der Waals surface area contributed by atoms with Gasteiger partial charge in [0, 0.05) is 40.4 Å². The lowest BCUT2D eigenvalue weighted by Crippen LogP contribution is -2.22. The molecule has 0 bridgehead atoms. The molecular formula is C23H18N4O2S3. The summed E-state index contributed by atoms with van der Waals surface area (Å²) < 4.78 is 3.24. The number of aryl methyl sites for hydroxylation is 1. The van der Waals surface area contributed by atoms with Gasteiger partial charge in [0.25, 0.3) is 11.1 Å². The Hall–Kier alpha value is -3.01. The summed E-state index contributed by atoms with van der Waals surface area (Å²) in [6.45, 7) is 6.05. The Morgan fingerprint density at radius 3 is 2.72 bits per heavy atom. The molecule has 0 aliphatic carbocycles. The van der Waals surface area contributed by atoms with Crippen molar-refractivity contribution in [2.45, 2.75) is 24.4 Å². The normalized spacial score (nSPS) is 11.4.